The van der Waals surface area contributed by atoms with Crippen molar-refractivity contribution in [2.45, 2.75) is 44.9 Å². The molecule has 3 heterocycles. The van der Waals surface area contributed by atoms with Crippen LogP contribution in [0.5, 0.6) is 0 Å². The number of carbonyl (C=O) groups excluding carboxylic acids is 2. The molecule has 2 amide bonds. The summed E-state index contributed by atoms with van der Waals surface area (Å²) in [6.45, 7) is 5.68. The molecule has 0 spiro atoms. The summed E-state index contributed by atoms with van der Waals surface area (Å²) in [4.78, 5) is 26.3. The van der Waals surface area contributed by atoms with E-state index >= 15 is 0 Å². The Balaban J connectivity index is 1.46. The summed E-state index contributed by atoms with van der Waals surface area (Å²) >= 11 is 0. The van der Waals surface area contributed by atoms with Gasteiger partial charge in [0.1, 0.15) is 6.04 Å². The standard InChI is InChI=1S/C17H27N5O3/c1-13-8-19-22(9-13)11-14-10-21(6-7-25-14)12-16(23)20-15-4-2-3-5-18-17(15)24/h8-9,14-15H,2-7,10-12H2,1H3,(H,18,24)(H,20,23). The molecule has 8 heteroatoms. The smallest absolute Gasteiger partial charge is 0.242 e. The van der Waals surface area contributed by atoms with Crippen molar-refractivity contribution >= 4 is 11.8 Å². The molecule has 0 saturated carbocycles. The van der Waals surface area contributed by atoms with Gasteiger partial charge in [-0.25, -0.2) is 0 Å². The van der Waals surface area contributed by atoms with Gasteiger partial charge in [-0.15, -0.1) is 0 Å². The zero-order chi connectivity index (χ0) is 17.6. The molecule has 2 N–H and O–H groups in total. The monoisotopic (exact) mass is 349 g/mol. The first-order valence-corrected chi connectivity index (χ1v) is 9.00. The maximum atomic E-state index is 12.3. The fraction of sp³-hybridized carbons (Fsp3) is 0.706. The first-order valence-electron chi connectivity index (χ1n) is 9.00. The third-order valence-electron chi connectivity index (χ3n) is 4.61. The number of ether oxygens (including phenoxy) is 1. The lowest BCUT2D eigenvalue weighted by Crippen LogP contribution is -2.51. The van der Waals surface area contributed by atoms with Crippen molar-refractivity contribution in [3.8, 4) is 0 Å². The van der Waals surface area contributed by atoms with Gasteiger partial charge in [0.15, 0.2) is 0 Å². The van der Waals surface area contributed by atoms with Crippen LogP contribution in [0.2, 0.25) is 0 Å². The van der Waals surface area contributed by atoms with Gasteiger partial charge in [-0.2, -0.15) is 5.10 Å². The van der Waals surface area contributed by atoms with E-state index in [-0.39, 0.29) is 17.9 Å². The Morgan fingerprint density at radius 2 is 2.36 bits per heavy atom. The largest absolute Gasteiger partial charge is 0.374 e. The van der Waals surface area contributed by atoms with E-state index in [2.05, 4.69) is 20.6 Å². The molecule has 0 aromatic carbocycles. The number of rotatable bonds is 5. The van der Waals surface area contributed by atoms with Gasteiger partial charge < -0.3 is 15.4 Å². The maximum absolute atomic E-state index is 12.3. The fourth-order valence-electron chi connectivity index (χ4n) is 3.33. The SMILES string of the molecule is Cc1cnn(CC2CN(CC(=O)NC3CCCCNC3=O)CCO2)c1. The minimum Gasteiger partial charge on any atom is -0.374 e. The van der Waals surface area contributed by atoms with Gasteiger partial charge >= 0.3 is 0 Å². The van der Waals surface area contributed by atoms with Gasteiger partial charge in [0.2, 0.25) is 11.8 Å². The number of morpholine rings is 1. The van der Waals surface area contributed by atoms with Crippen molar-refractivity contribution in [1.29, 1.82) is 0 Å². The zero-order valence-electron chi connectivity index (χ0n) is 14.7. The summed E-state index contributed by atoms with van der Waals surface area (Å²) in [6, 6.07) is -0.404. The van der Waals surface area contributed by atoms with Gasteiger partial charge in [0.05, 0.1) is 32.0 Å². The molecule has 2 fully saturated rings. The maximum Gasteiger partial charge on any atom is 0.242 e. The molecule has 3 rings (SSSR count). The van der Waals surface area contributed by atoms with Crippen LogP contribution in [0.4, 0.5) is 0 Å². The predicted molar refractivity (Wildman–Crippen MR) is 91.9 cm³/mol. The van der Waals surface area contributed by atoms with Crippen LogP contribution in [0, 0.1) is 6.92 Å². The number of hydrogen-bond donors (Lipinski definition) is 2. The summed E-state index contributed by atoms with van der Waals surface area (Å²) in [6.07, 6.45) is 6.46. The van der Waals surface area contributed by atoms with Crippen molar-refractivity contribution in [3.63, 3.8) is 0 Å². The summed E-state index contributed by atoms with van der Waals surface area (Å²) in [7, 11) is 0. The highest BCUT2D eigenvalue weighted by molar-refractivity contribution is 5.88. The van der Waals surface area contributed by atoms with Gasteiger partial charge in [0, 0.05) is 25.8 Å². The molecular weight excluding hydrogens is 322 g/mol. The highest BCUT2D eigenvalue weighted by atomic mass is 16.5. The average Bonchev–Trinajstić information content (AvgIpc) is 2.87. The molecule has 2 aliphatic heterocycles. The molecular formula is C17H27N5O3. The lowest BCUT2D eigenvalue weighted by molar-refractivity contribution is -0.130. The Kier molecular flexibility index (Phi) is 6.04. The number of aromatic nitrogens is 2. The summed E-state index contributed by atoms with van der Waals surface area (Å²) in [5.74, 6) is -0.169. The van der Waals surface area contributed by atoms with Crippen LogP contribution in [0.1, 0.15) is 24.8 Å². The van der Waals surface area contributed by atoms with Crippen LogP contribution >= 0.6 is 0 Å². The lowest BCUT2D eigenvalue weighted by Gasteiger charge is -2.32. The Morgan fingerprint density at radius 1 is 1.48 bits per heavy atom. The summed E-state index contributed by atoms with van der Waals surface area (Å²) in [5.41, 5.74) is 1.12. The Bertz CT molecular complexity index is 603. The van der Waals surface area contributed by atoms with Crippen molar-refractivity contribution in [2.24, 2.45) is 0 Å². The zero-order valence-corrected chi connectivity index (χ0v) is 14.7. The lowest BCUT2D eigenvalue weighted by atomic mass is 10.1. The van der Waals surface area contributed by atoms with E-state index in [9.17, 15) is 9.59 Å². The van der Waals surface area contributed by atoms with E-state index in [0.717, 1.165) is 24.9 Å². The van der Waals surface area contributed by atoms with Gasteiger partial charge in [-0.1, -0.05) is 0 Å². The van der Waals surface area contributed by atoms with Gasteiger partial charge in [0.25, 0.3) is 0 Å². The van der Waals surface area contributed by atoms with Crippen molar-refractivity contribution < 1.29 is 14.3 Å². The van der Waals surface area contributed by atoms with Crippen LogP contribution < -0.4 is 10.6 Å². The van der Waals surface area contributed by atoms with Crippen LogP contribution in [0.3, 0.4) is 0 Å². The van der Waals surface area contributed by atoms with Crippen LogP contribution in [-0.4, -0.2) is 71.4 Å². The summed E-state index contributed by atoms with van der Waals surface area (Å²) in [5, 5.41) is 10.0. The highest BCUT2D eigenvalue weighted by Gasteiger charge is 2.26. The molecule has 0 bridgehead atoms. The molecule has 8 nitrogen and oxygen atoms in total. The Hall–Kier alpha value is -1.93. The minimum absolute atomic E-state index is 0.0158. The third-order valence-corrected chi connectivity index (χ3v) is 4.61. The quantitative estimate of drug-likeness (QED) is 0.760. The minimum atomic E-state index is -0.404. The summed E-state index contributed by atoms with van der Waals surface area (Å²) < 4.78 is 7.66. The average molecular weight is 349 g/mol. The second-order valence-corrected chi connectivity index (χ2v) is 6.87. The molecule has 2 atom stereocenters. The second kappa shape index (κ2) is 8.44. The number of carbonyl (C=O) groups is 2. The second-order valence-electron chi connectivity index (χ2n) is 6.87. The molecule has 2 saturated heterocycles. The Morgan fingerprint density at radius 3 is 3.16 bits per heavy atom. The van der Waals surface area contributed by atoms with E-state index in [1.54, 1.807) is 0 Å². The molecule has 25 heavy (non-hydrogen) atoms. The van der Waals surface area contributed by atoms with Crippen LogP contribution in [-0.2, 0) is 20.9 Å². The molecule has 0 radical (unpaired) electrons. The number of nitrogens with zero attached hydrogens (tertiary/aromatic N) is 3. The van der Waals surface area contributed by atoms with Crippen molar-refractivity contribution in [1.82, 2.24) is 25.3 Å². The highest BCUT2D eigenvalue weighted by Crippen LogP contribution is 2.09. The molecule has 1 aromatic heterocycles. The third kappa shape index (κ3) is 5.27. The first kappa shape index (κ1) is 17.9. The molecule has 138 valence electrons. The van der Waals surface area contributed by atoms with E-state index < -0.39 is 6.04 Å². The number of amides is 2. The molecule has 2 unspecified atom stereocenters. The number of hydrogen-bond acceptors (Lipinski definition) is 5. The topological polar surface area (TPSA) is 88.5 Å². The van der Waals surface area contributed by atoms with Gasteiger partial charge in [-0.05, 0) is 31.7 Å². The first-order chi connectivity index (χ1) is 12.1. The van der Waals surface area contributed by atoms with E-state index in [1.165, 1.54) is 0 Å². The fourth-order valence-corrected chi connectivity index (χ4v) is 3.33. The molecule has 2 aliphatic rings. The van der Waals surface area contributed by atoms with Crippen molar-refractivity contribution in [3.05, 3.63) is 18.0 Å². The van der Waals surface area contributed by atoms with Crippen molar-refractivity contribution in [2.75, 3.05) is 32.8 Å². The van der Waals surface area contributed by atoms with E-state index in [0.29, 0.717) is 39.2 Å². The number of aryl methyl sites for hydroxylation is 1. The van der Waals surface area contributed by atoms with Crippen LogP contribution in [0.25, 0.3) is 0 Å². The van der Waals surface area contributed by atoms with Gasteiger partial charge in [-0.3, -0.25) is 19.2 Å². The normalized spacial score (nSPS) is 25.2. The molecule has 1 aromatic rings. The Labute approximate surface area is 147 Å². The van der Waals surface area contributed by atoms with Crippen LogP contribution in [0.15, 0.2) is 12.4 Å². The predicted octanol–water partition coefficient (Wildman–Crippen LogP) is -0.323. The molecule has 0 aliphatic carbocycles. The van der Waals surface area contributed by atoms with E-state index in [1.807, 2.05) is 24.0 Å². The van der Waals surface area contributed by atoms with E-state index in [4.69, 9.17) is 4.74 Å². The number of nitrogens with one attached hydrogen (secondary N) is 2.